The highest BCUT2D eigenvalue weighted by Crippen LogP contribution is 2.14. The molecule has 0 radical (unpaired) electrons. The average molecular weight is 238 g/mol. The molecule has 0 unspecified atom stereocenters. The minimum atomic E-state index is 0.889. The van der Waals surface area contributed by atoms with Crippen molar-refractivity contribution in [1.82, 2.24) is 15.1 Å². The lowest BCUT2D eigenvalue weighted by atomic mass is 10.2. The highest BCUT2D eigenvalue weighted by molar-refractivity contribution is 5.75. The molecule has 18 heavy (non-hydrogen) atoms. The number of hydrogen-bond acceptors (Lipinski definition) is 3. The molecule has 0 fully saturated rings. The van der Waals surface area contributed by atoms with Crippen LogP contribution >= 0.6 is 0 Å². The van der Waals surface area contributed by atoms with Gasteiger partial charge in [0.15, 0.2) is 0 Å². The second-order valence-electron chi connectivity index (χ2n) is 4.47. The summed E-state index contributed by atoms with van der Waals surface area (Å²) in [6.45, 7) is 4.13. The van der Waals surface area contributed by atoms with Crippen LogP contribution in [0.4, 0.5) is 5.69 Å². The van der Waals surface area contributed by atoms with Crippen LogP contribution in [-0.2, 0) is 0 Å². The zero-order valence-corrected chi connectivity index (χ0v) is 10.4. The van der Waals surface area contributed by atoms with Crippen molar-refractivity contribution in [2.75, 3.05) is 5.43 Å². The average Bonchev–Trinajstić information content (AvgIpc) is 2.75. The summed E-state index contributed by atoms with van der Waals surface area (Å²) >= 11 is 0. The summed E-state index contributed by atoms with van der Waals surface area (Å²) in [7, 11) is 0. The molecule has 2 aromatic carbocycles. The topological polar surface area (TPSA) is 42.7 Å². The largest absolute Gasteiger partial charge is 0.276 e. The van der Waals surface area contributed by atoms with Crippen LogP contribution in [0.15, 0.2) is 42.5 Å². The summed E-state index contributed by atoms with van der Waals surface area (Å²) in [5, 5.41) is 8.23. The van der Waals surface area contributed by atoms with Crippen LogP contribution in [0.2, 0.25) is 0 Å². The van der Waals surface area contributed by atoms with Crippen molar-refractivity contribution in [3.8, 4) is 0 Å². The summed E-state index contributed by atoms with van der Waals surface area (Å²) in [5.41, 5.74) is 8.52. The second-order valence-corrected chi connectivity index (χ2v) is 4.47. The predicted molar refractivity (Wildman–Crippen MR) is 72.5 cm³/mol. The summed E-state index contributed by atoms with van der Waals surface area (Å²) in [6, 6.07) is 14.3. The molecule has 0 aliphatic rings. The SMILES string of the molecule is Cc1ccc(Nn2nnc3ccc(C)cc32)cc1. The van der Waals surface area contributed by atoms with Crippen LogP contribution in [0.3, 0.4) is 0 Å². The van der Waals surface area contributed by atoms with E-state index < -0.39 is 0 Å². The fraction of sp³-hybridized carbons (Fsp3) is 0.143. The van der Waals surface area contributed by atoms with Crippen LogP contribution in [0.5, 0.6) is 0 Å². The Hall–Kier alpha value is -2.36. The van der Waals surface area contributed by atoms with Gasteiger partial charge in [0.2, 0.25) is 0 Å². The van der Waals surface area contributed by atoms with E-state index in [0.717, 1.165) is 16.7 Å². The van der Waals surface area contributed by atoms with Crippen molar-refractivity contribution < 1.29 is 0 Å². The summed E-state index contributed by atoms with van der Waals surface area (Å²) in [5.74, 6) is 0. The quantitative estimate of drug-likeness (QED) is 0.746. The number of anilines is 1. The number of nitrogens with zero attached hydrogens (tertiary/aromatic N) is 3. The monoisotopic (exact) mass is 238 g/mol. The number of fused-ring (bicyclic) bond motifs is 1. The van der Waals surface area contributed by atoms with Crippen molar-refractivity contribution in [3.05, 3.63) is 53.6 Å². The maximum atomic E-state index is 4.12. The predicted octanol–water partition coefficient (Wildman–Crippen LogP) is 2.92. The Morgan fingerprint density at radius 1 is 0.944 bits per heavy atom. The molecule has 0 bridgehead atoms. The standard InChI is InChI=1S/C14H14N4/c1-10-3-6-12(7-4-10)16-18-14-9-11(2)5-8-13(14)15-17-18/h3-9,16H,1-2H3. The van der Waals surface area contributed by atoms with Gasteiger partial charge in [-0.3, -0.25) is 5.43 Å². The maximum Gasteiger partial charge on any atom is 0.115 e. The third-order valence-corrected chi connectivity index (χ3v) is 2.89. The zero-order chi connectivity index (χ0) is 12.5. The minimum Gasteiger partial charge on any atom is -0.276 e. The van der Waals surface area contributed by atoms with Crippen molar-refractivity contribution in [2.45, 2.75) is 13.8 Å². The molecule has 0 aliphatic heterocycles. The molecule has 3 aromatic rings. The first kappa shape index (κ1) is 10.8. The molecular weight excluding hydrogens is 224 g/mol. The molecule has 0 spiro atoms. The van der Waals surface area contributed by atoms with E-state index in [1.54, 1.807) is 4.79 Å². The van der Waals surface area contributed by atoms with Gasteiger partial charge < -0.3 is 0 Å². The van der Waals surface area contributed by atoms with E-state index in [4.69, 9.17) is 0 Å². The van der Waals surface area contributed by atoms with Crippen molar-refractivity contribution in [1.29, 1.82) is 0 Å². The first-order valence-electron chi connectivity index (χ1n) is 5.88. The van der Waals surface area contributed by atoms with Crippen LogP contribution in [0.25, 0.3) is 11.0 Å². The van der Waals surface area contributed by atoms with E-state index in [2.05, 4.69) is 47.8 Å². The van der Waals surface area contributed by atoms with Crippen molar-refractivity contribution in [3.63, 3.8) is 0 Å². The summed E-state index contributed by atoms with van der Waals surface area (Å²) < 4.78 is 0. The molecule has 0 atom stereocenters. The summed E-state index contributed by atoms with van der Waals surface area (Å²) in [6.07, 6.45) is 0. The normalized spacial score (nSPS) is 10.8. The van der Waals surface area contributed by atoms with Gasteiger partial charge in [-0.15, -0.1) is 5.10 Å². The van der Waals surface area contributed by atoms with Gasteiger partial charge in [-0.2, -0.15) is 4.79 Å². The Balaban J connectivity index is 1.99. The number of rotatable bonds is 2. The maximum absolute atomic E-state index is 4.12. The van der Waals surface area contributed by atoms with Crippen LogP contribution in [-0.4, -0.2) is 15.1 Å². The third kappa shape index (κ3) is 1.93. The van der Waals surface area contributed by atoms with Gasteiger partial charge in [0.1, 0.15) is 11.0 Å². The first-order valence-corrected chi connectivity index (χ1v) is 5.88. The second kappa shape index (κ2) is 4.14. The Morgan fingerprint density at radius 2 is 1.67 bits per heavy atom. The molecular formula is C14H14N4. The van der Waals surface area contributed by atoms with E-state index in [-0.39, 0.29) is 0 Å². The Labute approximate surface area is 105 Å². The molecule has 4 heteroatoms. The van der Waals surface area contributed by atoms with Gasteiger partial charge in [0.25, 0.3) is 0 Å². The fourth-order valence-corrected chi connectivity index (χ4v) is 1.86. The molecule has 4 nitrogen and oxygen atoms in total. The van der Waals surface area contributed by atoms with Crippen molar-refractivity contribution in [2.24, 2.45) is 0 Å². The molecule has 0 saturated heterocycles. The zero-order valence-electron chi connectivity index (χ0n) is 10.4. The molecule has 3 rings (SSSR count). The number of hydrogen-bond donors (Lipinski definition) is 1. The van der Waals surface area contributed by atoms with Crippen LogP contribution in [0.1, 0.15) is 11.1 Å². The number of benzene rings is 2. The van der Waals surface area contributed by atoms with E-state index >= 15 is 0 Å². The minimum absolute atomic E-state index is 0.889. The molecule has 0 saturated carbocycles. The van der Waals surface area contributed by atoms with E-state index in [1.165, 1.54) is 11.1 Å². The fourth-order valence-electron chi connectivity index (χ4n) is 1.86. The van der Waals surface area contributed by atoms with Gasteiger partial charge in [-0.25, -0.2) is 0 Å². The Morgan fingerprint density at radius 3 is 2.44 bits per heavy atom. The van der Waals surface area contributed by atoms with Gasteiger partial charge >= 0.3 is 0 Å². The molecule has 1 N–H and O–H groups in total. The lowest BCUT2D eigenvalue weighted by Gasteiger charge is -2.06. The highest BCUT2D eigenvalue weighted by Gasteiger charge is 2.04. The van der Waals surface area contributed by atoms with Gasteiger partial charge in [0, 0.05) is 0 Å². The number of aryl methyl sites for hydroxylation is 2. The third-order valence-electron chi connectivity index (χ3n) is 2.89. The molecule has 0 aliphatic carbocycles. The van der Waals surface area contributed by atoms with E-state index in [0.29, 0.717) is 0 Å². The van der Waals surface area contributed by atoms with Crippen LogP contribution < -0.4 is 5.43 Å². The first-order chi connectivity index (χ1) is 8.72. The van der Waals surface area contributed by atoms with E-state index in [1.807, 2.05) is 24.3 Å². The lowest BCUT2D eigenvalue weighted by Crippen LogP contribution is -2.10. The number of nitrogens with one attached hydrogen (secondary N) is 1. The molecule has 1 heterocycles. The van der Waals surface area contributed by atoms with E-state index in [9.17, 15) is 0 Å². The summed E-state index contributed by atoms with van der Waals surface area (Å²) in [4.78, 5) is 1.70. The van der Waals surface area contributed by atoms with Crippen LogP contribution in [0, 0.1) is 13.8 Å². The van der Waals surface area contributed by atoms with Gasteiger partial charge in [-0.1, -0.05) is 23.8 Å². The van der Waals surface area contributed by atoms with Crippen molar-refractivity contribution >= 4 is 16.7 Å². The molecule has 1 aromatic heterocycles. The molecule has 90 valence electrons. The Bertz CT molecular complexity index is 683. The Kier molecular flexibility index (Phi) is 2.48. The number of aromatic nitrogens is 3. The lowest BCUT2D eigenvalue weighted by molar-refractivity contribution is 0.765. The van der Waals surface area contributed by atoms with Gasteiger partial charge in [0.05, 0.1) is 5.69 Å². The smallest absolute Gasteiger partial charge is 0.115 e. The van der Waals surface area contributed by atoms with Gasteiger partial charge in [-0.05, 0) is 48.9 Å². The highest BCUT2D eigenvalue weighted by atomic mass is 15.6. The molecule has 0 amide bonds.